The van der Waals surface area contributed by atoms with Crippen molar-refractivity contribution in [3.63, 3.8) is 0 Å². The predicted octanol–water partition coefficient (Wildman–Crippen LogP) is 2.15. The fourth-order valence-corrected chi connectivity index (χ4v) is 3.11. The first-order valence-electron chi connectivity index (χ1n) is 8.33. The molecule has 0 bridgehead atoms. The molecule has 0 saturated carbocycles. The lowest BCUT2D eigenvalue weighted by Crippen LogP contribution is -2.25. The lowest BCUT2D eigenvalue weighted by molar-refractivity contribution is -0.119. The van der Waals surface area contributed by atoms with Crippen molar-refractivity contribution >= 4 is 5.91 Å². The number of rotatable bonds is 5. The van der Waals surface area contributed by atoms with Gasteiger partial charge in [-0.3, -0.25) is 24.6 Å². The summed E-state index contributed by atoms with van der Waals surface area (Å²) >= 11 is 0. The fourth-order valence-electron chi connectivity index (χ4n) is 3.11. The minimum Gasteiger partial charge on any atom is -0.351 e. The average Bonchev–Trinajstić information content (AvgIpc) is 3.03. The summed E-state index contributed by atoms with van der Waals surface area (Å²) in [4.78, 5) is 27.0. The molecule has 0 aliphatic carbocycles. The molecule has 1 atom stereocenters. The summed E-state index contributed by atoms with van der Waals surface area (Å²) in [6.07, 6.45) is 7.62. The maximum Gasteiger partial charge on any atom is 0.217 e. The number of nitrogens with zero attached hydrogens (tertiary/aromatic N) is 4. The molecular weight excluding hydrogens is 302 g/mol. The molecule has 1 N–H and O–H groups in total. The smallest absolute Gasteiger partial charge is 0.217 e. The Labute approximate surface area is 142 Å². The number of likely N-dealkylation sites (tertiary alicyclic amines) is 1. The van der Waals surface area contributed by atoms with Gasteiger partial charge < -0.3 is 5.32 Å². The number of amides is 1. The van der Waals surface area contributed by atoms with Gasteiger partial charge in [-0.15, -0.1) is 0 Å². The van der Waals surface area contributed by atoms with Gasteiger partial charge in [-0.2, -0.15) is 0 Å². The van der Waals surface area contributed by atoms with E-state index >= 15 is 0 Å². The average molecular weight is 325 g/mol. The number of hydrogen-bond acceptors (Lipinski definition) is 5. The molecule has 3 rings (SSSR count). The van der Waals surface area contributed by atoms with Crippen molar-refractivity contribution < 1.29 is 4.79 Å². The third kappa shape index (κ3) is 3.94. The van der Waals surface area contributed by atoms with Crippen LogP contribution >= 0.6 is 0 Å². The Morgan fingerprint density at radius 1 is 1.42 bits per heavy atom. The Hall–Kier alpha value is -2.34. The highest BCUT2D eigenvalue weighted by Crippen LogP contribution is 2.31. The van der Waals surface area contributed by atoms with Crippen molar-refractivity contribution in [1.82, 2.24) is 25.2 Å². The highest BCUT2D eigenvalue weighted by Gasteiger charge is 2.28. The monoisotopic (exact) mass is 325 g/mol. The first-order chi connectivity index (χ1) is 11.6. The second kappa shape index (κ2) is 7.49. The number of pyridine rings is 1. The van der Waals surface area contributed by atoms with E-state index in [0.717, 1.165) is 43.0 Å². The lowest BCUT2D eigenvalue weighted by atomic mass is 10.1. The van der Waals surface area contributed by atoms with E-state index in [9.17, 15) is 4.79 Å². The maximum absolute atomic E-state index is 11.1. The molecule has 2 aromatic rings. The van der Waals surface area contributed by atoms with Gasteiger partial charge in [0.05, 0.1) is 42.1 Å². The van der Waals surface area contributed by atoms with Crippen molar-refractivity contribution in [3.05, 3.63) is 53.4 Å². The molecule has 0 aromatic carbocycles. The van der Waals surface area contributed by atoms with Crippen LogP contribution in [0.1, 0.15) is 48.5 Å². The molecule has 1 aliphatic heterocycles. The van der Waals surface area contributed by atoms with Gasteiger partial charge in [-0.1, -0.05) is 6.07 Å². The number of carbonyl (C=O) groups is 1. The molecule has 6 heteroatoms. The van der Waals surface area contributed by atoms with E-state index in [0.29, 0.717) is 6.54 Å². The molecule has 1 fully saturated rings. The molecule has 3 heterocycles. The third-order valence-corrected chi connectivity index (χ3v) is 4.40. The van der Waals surface area contributed by atoms with E-state index in [2.05, 4.69) is 33.2 Å². The SMILES string of the molecule is CC(=O)NCc1cncc([C@@H]2CCCN2Cc2ncccc2C)n1. The Kier molecular flexibility index (Phi) is 5.15. The molecule has 0 spiro atoms. The highest BCUT2D eigenvalue weighted by molar-refractivity contribution is 5.72. The van der Waals surface area contributed by atoms with Gasteiger partial charge >= 0.3 is 0 Å². The Balaban J connectivity index is 1.74. The van der Waals surface area contributed by atoms with Gasteiger partial charge in [0.1, 0.15) is 0 Å². The van der Waals surface area contributed by atoms with Crippen LogP contribution in [0.4, 0.5) is 0 Å². The number of aryl methyl sites for hydroxylation is 1. The Bertz CT molecular complexity index is 718. The molecule has 6 nitrogen and oxygen atoms in total. The van der Waals surface area contributed by atoms with Crippen molar-refractivity contribution in [2.45, 2.75) is 45.8 Å². The minimum absolute atomic E-state index is 0.0599. The zero-order valence-electron chi connectivity index (χ0n) is 14.2. The molecule has 0 unspecified atom stereocenters. The summed E-state index contributed by atoms with van der Waals surface area (Å²) in [5, 5.41) is 2.77. The third-order valence-electron chi connectivity index (χ3n) is 4.40. The van der Waals surface area contributed by atoms with Gasteiger partial charge in [0.15, 0.2) is 0 Å². The second-order valence-electron chi connectivity index (χ2n) is 6.24. The van der Waals surface area contributed by atoms with Crippen LogP contribution in [-0.4, -0.2) is 32.3 Å². The normalized spacial score (nSPS) is 17.8. The molecule has 24 heavy (non-hydrogen) atoms. The Morgan fingerprint density at radius 3 is 3.08 bits per heavy atom. The molecule has 0 radical (unpaired) electrons. The summed E-state index contributed by atoms with van der Waals surface area (Å²) in [7, 11) is 0. The first kappa shape index (κ1) is 16.5. The number of aromatic nitrogens is 3. The van der Waals surface area contributed by atoms with E-state index in [1.165, 1.54) is 12.5 Å². The topological polar surface area (TPSA) is 71.0 Å². The number of nitrogens with one attached hydrogen (secondary N) is 1. The summed E-state index contributed by atoms with van der Waals surface area (Å²) in [6.45, 7) is 5.89. The van der Waals surface area contributed by atoms with E-state index < -0.39 is 0 Å². The van der Waals surface area contributed by atoms with Crippen molar-refractivity contribution in [3.8, 4) is 0 Å². The van der Waals surface area contributed by atoms with Gasteiger partial charge in [-0.05, 0) is 37.9 Å². The summed E-state index contributed by atoms with van der Waals surface area (Å²) in [6, 6.07) is 4.33. The van der Waals surface area contributed by atoms with Gasteiger partial charge in [0, 0.05) is 19.7 Å². The molecule has 1 amide bonds. The summed E-state index contributed by atoms with van der Waals surface area (Å²) in [5.74, 6) is -0.0599. The van der Waals surface area contributed by atoms with Crippen LogP contribution in [0.25, 0.3) is 0 Å². The van der Waals surface area contributed by atoms with Crippen LogP contribution in [-0.2, 0) is 17.9 Å². The predicted molar refractivity (Wildman–Crippen MR) is 90.9 cm³/mol. The van der Waals surface area contributed by atoms with Crippen LogP contribution in [0.2, 0.25) is 0 Å². The Morgan fingerprint density at radius 2 is 2.29 bits per heavy atom. The number of carbonyl (C=O) groups excluding carboxylic acids is 1. The molecular formula is C18H23N5O. The fraction of sp³-hybridized carbons (Fsp3) is 0.444. The van der Waals surface area contributed by atoms with E-state index in [1.54, 1.807) is 6.20 Å². The van der Waals surface area contributed by atoms with Crippen LogP contribution < -0.4 is 5.32 Å². The largest absolute Gasteiger partial charge is 0.351 e. The van der Waals surface area contributed by atoms with E-state index in [4.69, 9.17) is 4.98 Å². The van der Waals surface area contributed by atoms with E-state index in [1.807, 2.05) is 18.5 Å². The van der Waals surface area contributed by atoms with Crippen molar-refractivity contribution in [2.24, 2.45) is 0 Å². The standard InChI is InChI=1S/C18H23N5O/c1-13-5-3-7-20-17(13)12-23-8-4-6-18(23)16-11-19-9-15(22-16)10-21-14(2)24/h3,5,7,9,11,18H,4,6,8,10,12H2,1-2H3,(H,21,24)/t18-/m0/s1. The maximum atomic E-state index is 11.1. The highest BCUT2D eigenvalue weighted by atomic mass is 16.1. The quantitative estimate of drug-likeness (QED) is 0.912. The van der Waals surface area contributed by atoms with Gasteiger partial charge in [-0.25, -0.2) is 0 Å². The van der Waals surface area contributed by atoms with Crippen LogP contribution in [0.5, 0.6) is 0 Å². The summed E-state index contributed by atoms with van der Waals surface area (Å²) < 4.78 is 0. The second-order valence-corrected chi connectivity index (χ2v) is 6.24. The molecule has 2 aromatic heterocycles. The van der Waals surface area contributed by atoms with Gasteiger partial charge in [0.25, 0.3) is 0 Å². The van der Waals surface area contributed by atoms with Crippen LogP contribution in [0.3, 0.4) is 0 Å². The van der Waals surface area contributed by atoms with Crippen LogP contribution in [0.15, 0.2) is 30.7 Å². The molecule has 1 aliphatic rings. The van der Waals surface area contributed by atoms with Crippen molar-refractivity contribution in [1.29, 1.82) is 0 Å². The first-order valence-corrected chi connectivity index (χ1v) is 8.33. The zero-order chi connectivity index (χ0) is 16.9. The van der Waals surface area contributed by atoms with E-state index in [-0.39, 0.29) is 11.9 Å². The van der Waals surface area contributed by atoms with Gasteiger partial charge in [0.2, 0.25) is 5.91 Å². The van der Waals surface area contributed by atoms with Crippen molar-refractivity contribution in [2.75, 3.05) is 6.54 Å². The molecule has 126 valence electrons. The number of hydrogen-bond donors (Lipinski definition) is 1. The lowest BCUT2D eigenvalue weighted by Gasteiger charge is -2.24. The van der Waals surface area contributed by atoms with Crippen LogP contribution in [0, 0.1) is 6.92 Å². The molecule has 1 saturated heterocycles. The minimum atomic E-state index is -0.0599. The zero-order valence-corrected chi connectivity index (χ0v) is 14.2. The summed E-state index contributed by atoms with van der Waals surface area (Å²) in [5.41, 5.74) is 4.10.